The van der Waals surface area contributed by atoms with Crippen LogP contribution in [0.15, 0.2) is 30.6 Å². The molecule has 1 aliphatic heterocycles. The quantitative estimate of drug-likeness (QED) is 0.807. The molecule has 3 aromatic rings. The van der Waals surface area contributed by atoms with Crippen LogP contribution in [0, 0.1) is 0 Å². The number of aromatic amines is 1. The Morgan fingerprint density at radius 2 is 2.18 bits per heavy atom. The van der Waals surface area contributed by atoms with Gasteiger partial charge in [-0.05, 0) is 31.0 Å². The number of nitrogens with zero attached hydrogens (tertiary/aromatic N) is 3. The summed E-state index contributed by atoms with van der Waals surface area (Å²) in [6, 6.07) is 6.32. The molecule has 0 bridgehead atoms. The molecule has 0 amide bonds. The van der Waals surface area contributed by atoms with E-state index in [1.807, 2.05) is 30.6 Å². The molecular weight excluding hydrogens is 280 g/mol. The van der Waals surface area contributed by atoms with E-state index < -0.39 is 0 Å². The van der Waals surface area contributed by atoms with Crippen LogP contribution in [0.4, 0.5) is 0 Å². The molecule has 1 aliphatic rings. The van der Waals surface area contributed by atoms with Crippen molar-refractivity contribution in [2.24, 2.45) is 0 Å². The van der Waals surface area contributed by atoms with E-state index in [0.29, 0.717) is 6.04 Å². The highest BCUT2D eigenvalue weighted by Gasteiger charge is 2.21. The van der Waals surface area contributed by atoms with Crippen molar-refractivity contribution in [2.45, 2.75) is 18.9 Å². The molecule has 4 rings (SSSR count). The van der Waals surface area contributed by atoms with Crippen molar-refractivity contribution in [1.29, 1.82) is 0 Å². The molecule has 3 heterocycles. The fraction of sp³-hybridized carbons (Fsp3) is 0.375. The Kier molecular flexibility index (Phi) is 3.31. The third kappa shape index (κ3) is 2.16. The summed E-state index contributed by atoms with van der Waals surface area (Å²) in [5.41, 5.74) is 1.85. The zero-order valence-electron chi connectivity index (χ0n) is 12.5. The second-order valence-corrected chi connectivity index (χ2v) is 5.49. The molecule has 0 radical (unpaired) electrons. The number of hydrogen-bond donors (Lipinski definition) is 1. The Morgan fingerprint density at radius 1 is 1.32 bits per heavy atom. The lowest BCUT2D eigenvalue weighted by atomic mass is 10.1. The van der Waals surface area contributed by atoms with Gasteiger partial charge in [-0.1, -0.05) is 0 Å². The van der Waals surface area contributed by atoms with Gasteiger partial charge in [-0.25, -0.2) is 4.98 Å². The number of hydrogen-bond acceptors (Lipinski definition) is 4. The van der Waals surface area contributed by atoms with E-state index in [4.69, 9.17) is 9.47 Å². The van der Waals surface area contributed by atoms with Gasteiger partial charge in [0.15, 0.2) is 5.82 Å². The van der Waals surface area contributed by atoms with Gasteiger partial charge in [0.05, 0.1) is 12.6 Å². The van der Waals surface area contributed by atoms with Crippen molar-refractivity contribution in [3.63, 3.8) is 0 Å². The van der Waals surface area contributed by atoms with Crippen molar-refractivity contribution in [2.75, 3.05) is 20.3 Å². The van der Waals surface area contributed by atoms with Gasteiger partial charge >= 0.3 is 0 Å². The van der Waals surface area contributed by atoms with Gasteiger partial charge in [-0.3, -0.25) is 5.10 Å². The van der Waals surface area contributed by atoms with Crippen molar-refractivity contribution >= 4 is 10.9 Å². The molecule has 0 unspecified atom stereocenters. The van der Waals surface area contributed by atoms with Gasteiger partial charge < -0.3 is 14.0 Å². The third-order valence-corrected chi connectivity index (χ3v) is 4.23. The van der Waals surface area contributed by atoms with Crippen LogP contribution in [-0.2, 0) is 4.74 Å². The summed E-state index contributed by atoms with van der Waals surface area (Å²) in [7, 11) is 1.67. The fourth-order valence-corrected chi connectivity index (χ4v) is 3.04. The normalized spacial score (nSPS) is 16.2. The SMILES string of the molecule is COc1ccc2[nH]nc(-c3nccn3C3CCOCC3)c2c1. The van der Waals surface area contributed by atoms with Crippen LogP contribution >= 0.6 is 0 Å². The predicted octanol–water partition coefficient (Wildman–Crippen LogP) is 2.79. The number of ether oxygens (including phenoxy) is 2. The van der Waals surface area contributed by atoms with Gasteiger partial charge in [0.2, 0.25) is 0 Å². The van der Waals surface area contributed by atoms with E-state index >= 15 is 0 Å². The van der Waals surface area contributed by atoms with Crippen molar-refractivity contribution in [3.8, 4) is 17.3 Å². The molecule has 22 heavy (non-hydrogen) atoms. The molecule has 2 aromatic heterocycles. The first-order valence-electron chi connectivity index (χ1n) is 7.50. The van der Waals surface area contributed by atoms with Gasteiger partial charge in [0.1, 0.15) is 11.4 Å². The standard InChI is InChI=1S/C16H18N4O2/c1-21-12-2-3-14-13(10-12)15(19-18-14)16-17-6-7-20(16)11-4-8-22-9-5-11/h2-3,6-7,10-11H,4-5,8-9H2,1H3,(H,18,19). The monoisotopic (exact) mass is 298 g/mol. The first-order valence-corrected chi connectivity index (χ1v) is 7.50. The molecule has 6 nitrogen and oxygen atoms in total. The number of fused-ring (bicyclic) bond motifs is 1. The molecule has 1 N–H and O–H groups in total. The topological polar surface area (TPSA) is 65.0 Å². The lowest BCUT2D eigenvalue weighted by Crippen LogP contribution is -2.19. The molecule has 1 saturated heterocycles. The summed E-state index contributed by atoms with van der Waals surface area (Å²) >= 11 is 0. The van der Waals surface area contributed by atoms with E-state index in [0.717, 1.165) is 54.2 Å². The largest absolute Gasteiger partial charge is 0.497 e. The number of aromatic nitrogens is 4. The van der Waals surface area contributed by atoms with Gasteiger partial charge in [0, 0.05) is 37.0 Å². The Bertz CT molecular complexity index is 786. The van der Waals surface area contributed by atoms with Crippen LogP contribution < -0.4 is 4.74 Å². The Morgan fingerprint density at radius 3 is 3.00 bits per heavy atom. The maximum absolute atomic E-state index is 5.46. The number of benzene rings is 1. The smallest absolute Gasteiger partial charge is 0.161 e. The zero-order valence-corrected chi connectivity index (χ0v) is 12.5. The number of rotatable bonds is 3. The fourth-order valence-electron chi connectivity index (χ4n) is 3.04. The van der Waals surface area contributed by atoms with Crippen LogP contribution in [0.3, 0.4) is 0 Å². The lowest BCUT2D eigenvalue weighted by Gasteiger charge is -2.24. The minimum atomic E-state index is 0.420. The Balaban J connectivity index is 1.80. The Hall–Kier alpha value is -2.34. The number of imidazole rings is 1. The van der Waals surface area contributed by atoms with E-state index in [1.54, 1.807) is 7.11 Å². The second-order valence-electron chi connectivity index (χ2n) is 5.49. The molecule has 114 valence electrons. The van der Waals surface area contributed by atoms with Crippen LogP contribution in [0.5, 0.6) is 5.75 Å². The first kappa shape index (κ1) is 13.3. The highest BCUT2D eigenvalue weighted by molar-refractivity contribution is 5.92. The summed E-state index contributed by atoms with van der Waals surface area (Å²) in [6.45, 7) is 1.61. The molecule has 0 atom stereocenters. The number of H-pyrrole nitrogens is 1. The first-order chi connectivity index (χ1) is 10.9. The third-order valence-electron chi connectivity index (χ3n) is 4.23. The zero-order chi connectivity index (χ0) is 14.9. The van der Waals surface area contributed by atoms with Gasteiger partial charge in [-0.15, -0.1) is 0 Å². The molecule has 0 saturated carbocycles. The Labute approximate surface area is 128 Å². The van der Waals surface area contributed by atoms with Gasteiger partial charge in [-0.2, -0.15) is 5.10 Å². The highest BCUT2D eigenvalue weighted by atomic mass is 16.5. The number of nitrogens with one attached hydrogen (secondary N) is 1. The molecule has 1 fully saturated rings. The van der Waals surface area contributed by atoms with Crippen molar-refractivity contribution in [3.05, 3.63) is 30.6 Å². The van der Waals surface area contributed by atoms with E-state index in [9.17, 15) is 0 Å². The minimum Gasteiger partial charge on any atom is -0.497 e. The minimum absolute atomic E-state index is 0.420. The summed E-state index contributed by atoms with van der Waals surface area (Å²) in [6.07, 6.45) is 5.89. The summed E-state index contributed by atoms with van der Waals surface area (Å²) < 4.78 is 13.0. The van der Waals surface area contributed by atoms with E-state index in [1.165, 1.54) is 0 Å². The summed E-state index contributed by atoms with van der Waals surface area (Å²) in [5, 5.41) is 8.57. The van der Waals surface area contributed by atoms with E-state index in [-0.39, 0.29) is 0 Å². The van der Waals surface area contributed by atoms with Crippen molar-refractivity contribution in [1.82, 2.24) is 19.7 Å². The maximum Gasteiger partial charge on any atom is 0.161 e. The molecule has 0 spiro atoms. The lowest BCUT2D eigenvalue weighted by molar-refractivity contribution is 0.0700. The highest BCUT2D eigenvalue weighted by Crippen LogP contribution is 2.31. The molecule has 1 aromatic carbocycles. The van der Waals surface area contributed by atoms with Crippen LogP contribution in [0.2, 0.25) is 0 Å². The maximum atomic E-state index is 5.46. The predicted molar refractivity (Wildman–Crippen MR) is 83.0 cm³/mol. The average Bonchev–Trinajstić information content (AvgIpc) is 3.21. The number of methoxy groups -OCH3 is 1. The van der Waals surface area contributed by atoms with Gasteiger partial charge in [0.25, 0.3) is 0 Å². The summed E-state index contributed by atoms with van der Waals surface area (Å²) in [5.74, 6) is 1.71. The second kappa shape index (κ2) is 5.46. The average molecular weight is 298 g/mol. The molecular formula is C16H18N4O2. The van der Waals surface area contributed by atoms with Crippen LogP contribution in [0.25, 0.3) is 22.4 Å². The molecule has 0 aliphatic carbocycles. The molecule has 6 heteroatoms. The summed E-state index contributed by atoms with van der Waals surface area (Å²) in [4.78, 5) is 4.54. The van der Waals surface area contributed by atoms with Crippen LogP contribution in [-0.4, -0.2) is 40.1 Å². The van der Waals surface area contributed by atoms with Crippen molar-refractivity contribution < 1.29 is 9.47 Å². The van der Waals surface area contributed by atoms with Crippen LogP contribution in [0.1, 0.15) is 18.9 Å². The van der Waals surface area contributed by atoms with E-state index in [2.05, 4.69) is 19.7 Å².